The van der Waals surface area contributed by atoms with E-state index in [0.717, 1.165) is 17.8 Å². The number of nitrogens with one attached hydrogen (secondary N) is 2. The number of aliphatic carboxylic acids is 1. The lowest BCUT2D eigenvalue weighted by Gasteiger charge is -2.50. The summed E-state index contributed by atoms with van der Waals surface area (Å²) in [6.07, 6.45) is 3.82. The number of ether oxygens (including phenoxy) is 1. The average molecular weight is 683 g/mol. The molecule has 1 aliphatic heterocycles. The number of hydroxylamine groups is 2. The third-order valence-corrected chi connectivity index (χ3v) is 7.36. The number of amides is 2. The summed E-state index contributed by atoms with van der Waals surface area (Å²) in [6.45, 7) is 3.34. The van der Waals surface area contributed by atoms with Crippen LogP contribution >= 0.6 is 11.3 Å². The molecule has 46 heavy (non-hydrogen) atoms. The van der Waals surface area contributed by atoms with E-state index in [4.69, 9.17) is 25.6 Å². The fourth-order valence-electron chi connectivity index (χ4n) is 3.98. The highest BCUT2D eigenvalue weighted by atomic mass is 32.3. The minimum absolute atomic E-state index is 0.0476. The third kappa shape index (κ3) is 8.22. The van der Waals surface area contributed by atoms with Gasteiger partial charge in [-0.3, -0.25) is 14.1 Å². The molecule has 4 heterocycles. The van der Waals surface area contributed by atoms with E-state index in [1.54, 1.807) is 18.5 Å². The van der Waals surface area contributed by atoms with Crippen LogP contribution in [-0.4, -0.2) is 97.0 Å². The zero-order chi connectivity index (χ0) is 33.6. The molecule has 2 amide bonds. The number of oxime groups is 1. The molecule has 8 N–H and O–H groups in total. The maximum absolute atomic E-state index is 13.2. The van der Waals surface area contributed by atoms with Gasteiger partial charge < -0.3 is 41.3 Å². The first-order chi connectivity index (χ1) is 21.7. The van der Waals surface area contributed by atoms with Crippen molar-refractivity contribution in [2.45, 2.75) is 44.5 Å². The summed E-state index contributed by atoms with van der Waals surface area (Å²) in [5, 5.41) is 20.5. The summed E-state index contributed by atoms with van der Waals surface area (Å²) >= 11 is 0.947. The Kier molecular flexibility index (Phi) is 10.4. The molecule has 0 saturated carbocycles. The van der Waals surface area contributed by atoms with E-state index in [9.17, 15) is 27.9 Å². The summed E-state index contributed by atoms with van der Waals surface area (Å²) in [6, 6.07) is 1.79. The quantitative estimate of drug-likeness (QED) is 0.0480. The number of thiazole rings is 1. The minimum Gasteiger partial charge on any atom is -0.487 e. The number of imidazole rings is 1. The van der Waals surface area contributed by atoms with Crippen molar-refractivity contribution in [2.24, 2.45) is 10.9 Å². The number of hydrogen-bond acceptors (Lipinski definition) is 16. The molecule has 3 aromatic rings. The predicted molar refractivity (Wildman–Crippen MR) is 160 cm³/mol. The molecule has 20 nitrogen and oxygen atoms in total. The molecule has 22 heteroatoms. The lowest BCUT2D eigenvalue weighted by molar-refractivity contribution is -0.218. The number of anilines is 3. The molecular weight excluding hydrogens is 652 g/mol. The van der Waals surface area contributed by atoms with E-state index in [1.165, 1.54) is 31.5 Å². The number of carbonyl (C=O) groups is 3. The Morgan fingerprint density at radius 1 is 1.28 bits per heavy atom. The van der Waals surface area contributed by atoms with E-state index < -0.39 is 58.2 Å². The number of β-lactam (4-membered cyclic amide) rings is 1. The summed E-state index contributed by atoms with van der Waals surface area (Å²) < 4.78 is 42.7. The lowest BCUT2D eigenvalue weighted by atomic mass is 9.84. The molecule has 0 spiro atoms. The van der Waals surface area contributed by atoms with Crippen LogP contribution in [0.2, 0.25) is 0 Å². The van der Waals surface area contributed by atoms with Gasteiger partial charge in [-0.05, 0) is 38.9 Å². The van der Waals surface area contributed by atoms with E-state index in [1.807, 2.05) is 4.57 Å². The number of aromatic nitrogens is 4. The molecule has 3 aromatic heterocycles. The van der Waals surface area contributed by atoms with Crippen molar-refractivity contribution in [2.75, 3.05) is 24.2 Å². The minimum atomic E-state index is -5.02. The normalized spacial score (nSPS) is 16.8. The second-order valence-electron chi connectivity index (χ2n) is 10.0. The van der Waals surface area contributed by atoms with Gasteiger partial charge in [0.05, 0.1) is 11.7 Å². The van der Waals surface area contributed by atoms with Gasteiger partial charge in [-0.2, -0.15) is 13.5 Å². The highest BCUT2D eigenvalue weighted by Gasteiger charge is 2.58. The highest BCUT2D eigenvalue weighted by molar-refractivity contribution is 7.80. The van der Waals surface area contributed by atoms with E-state index in [0.29, 0.717) is 29.9 Å². The Bertz CT molecular complexity index is 1710. The van der Waals surface area contributed by atoms with E-state index >= 15 is 0 Å². The van der Waals surface area contributed by atoms with E-state index in [-0.39, 0.29) is 16.6 Å². The van der Waals surface area contributed by atoms with Crippen molar-refractivity contribution in [3.05, 3.63) is 41.8 Å². The number of carboxylic acids is 1. The van der Waals surface area contributed by atoms with Gasteiger partial charge in [0.1, 0.15) is 29.9 Å². The van der Waals surface area contributed by atoms with Gasteiger partial charge in [-0.25, -0.2) is 19.7 Å². The molecule has 1 saturated heterocycles. The third-order valence-electron chi connectivity index (χ3n) is 6.34. The molecule has 1 aliphatic rings. The summed E-state index contributed by atoms with van der Waals surface area (Å²) in [7, 11) is -5.02. The Balaban J connectivity index is 1.42. The van der Waals surface area contributed by atoms with Crippen LogP contribution < -0.4 is 26.8 Å². The van der Waals surface area contributed by atoms with Crippen molar-refractivity contribution < 1.29 is 46.3 Å². The lowest BCUT2D eigenvalue weighted by Crippen LogP contribution is -2.76. The zero-order valence-corrected chi connectivity index (χ0v) is 25.9. The van der Waals surface area contributed by atoms with Crippen LogP contribution in [0, 0.1) is 0 Å². The molecule has 248 valence electrons. The van der Waals surface area contributed by atoms with Crippen molar-refractivity contribution in [3.63, 3.8) is 0 Å². The summed E-state index contributed by atoms with van der Waals surface area (Å²) in [5.74, 6) is -2.32. The van der Waals surface area contributed by atoms with Crippen LogP contribution in [0.5, 0.6) is 5.75 Å². The van der Waals surface area contributed by atoms with Gasteiger partial charge in [-0.1, -0.05) is 5.16 Å². The number of hydrogen-bond donors (Lipinski definition) is 6. The Hall–Kier alpha value is -4.90. The fraction of sp³-hybridized carbons (Fsp3) is 0.375. The van der Waals surface area contributed by atoms with Crippen molar-refractivity contribution in [1.82, 2.24) is 29.9 Å². The van der Waals surface area contributed by atoms with Crippen LogP contribution in [0.3, 0.4) is 0 Å². The Labute approximate surface area is 265 Å². The molecule has 2 atom stereocenters. The number of rotatable bonds is 16. The topological polar surface area (TPSA) is 289 Å². The molecule has 4 rings (SSSR count). The maximum atomic E-state index is 13.2. The monoisotopic (exact) mass is 682 g/mol. The van der Waals surface area contributed by atoms with Crippen LogP contribution in [0.15, 0.2) is 41.3 Å². The van der Waals surface area contributed by atoms with Gasteiger partial charge in [0.2, 0.25) is 5.95 Å². The van der Waals surface area contributed by atoms with Gasteiger partial charge in [0.15, 0.2) is 10.8 Å². The number of nitrogens with zero attached hydrogens (tertiary/aromatic N) is 6. The zero-order valence-electron chi connectivity index (χ0n) is 24.3. The molecule has 0 radical (unpaired) electrons. The molecule has 0 unspecified atom stereocenters. The van der Waals surface area contributed by atoms with Crippen LogP contribution in [-0.2, 0) is 40.4 Å². The van der Waals surface area contributed by atoms with Crippen LogP contribution in [0.1, 0.15) is 26.0 Å². The van der Waals surface area contributed by atoms with E-state index in [2.05, 4.69) is 35.0 Å². The van der Waals surface area contributed by atoms with Gasteiger partial charge in [0.25, 0.3) is 17.9 Å². The molecule has 0 aromatic carbocycles. The second kappa shape index (κ2) is 14.0. The Morgan fingerprint density at radius 3 is 2.63 bits per heavy atom. The fourth-order valence-corrected chi connectivity index (χ4v) is 4.99. The van der Waals surface area contributed by atoms with Crippen molar-refractivity contribution >= 4 is 62.1 Å². The largest absolute Gasteiger partial charge is 0.487 e. The molecule has 0 bridgehead atoms. The average Bonchev–Trinajstić information content (AvgIpc) is 3.63. The van der Waals surface area contributed by atoms with Gasteiger partial charge in [0, 0.05) is 24.3 Å². The number of nitrogens with two attached hydrogens (primary N) is 2. The number of carboxylic acid groups (broad SMARTS) is 1. The highest BCUT2D eigenvalue weighted by Crippen LogP contribution is 2.33. The SMILES string of the molecule is CC1(C)[C@H](NC(=O)/C(=N\O[C@H](COc2ccc(Nc3nccn3CCCN)nc2)C(=O)O)c2csc(N)n2)C(=O)N1OS(=O)(=O)O. The molecule has 0 aliphatic carbocycles. The number of nitrogen functional groups attached to an aromatic ring is 1. The summed E-state index contributed by atoms with van der Waals surface area (Å²) in [5.41, 5.74) is 9.17. The van der Waals surface area contributed by atoms with Crippen LogP contribution in [0.25, 0.3) is 0 Å². The second-order valence-corrected chi connectivity index (χ2v) is 11.9. The summed E-state index contributed by atoms with van der Waals surface area (Å²) in [4.78, 5) is 55.1. The van der Waals surface area contributed by atoms with Crippen molar-refractivity contribution in [1.29, 1.82) is 0 Å². The van der Waals surface area contributed by atoms with Crippen molar-refractivity contribution in [3.8, 4) is 5.75 Å². The number of aryl methyl sites for hydroxylation is 1. The number of carbonyl (C=O) groups excluding carboxylic acids is 2. The maximum Gasteiger partial charge on any atom is 0.418 e. The van der Waals surface area contributed by atoms with Crippen LogP contribution in [0.4, 0.5) is 16.9 Å². The predicted octanol–water partition coefficient (Wildman–Crippen LogP) is -0.498. The Morgan fingerprint density at radius 2 is 2.04 bits per heavy atom. The standard InChI is InChI=1S/C24H30N10O10S2/c1-24(2)18(20(36)34(24)44-46(39,40)41)31-19(35)17(14-12-45-22(26)29-14)32-43-15(21(37)38)11-42-13-4-5-16(28-10-13)30-23-27-7-9-33(23)8-3-6-25/h4-5,7,9-10,12,15,18H,3,6,8,11,25H2,1-2H3,(H2,26,29)(H,31,35)(H,37,38)(H,27,28,30)(H,39,40,41)/b32-17-/t15-,18-/m1/s1. The molecular formula is C24H30N10O10S2. The first-order valence-corrected chi connectivity index (χ1v) is 15.5. The van der Waals surface area contributed by atoms with Gasteiger partial charge >= 0.3 is 16.4 Å². The molecule has 1 fully saturated rings. The number of pyridine rings is 1. The first kappa shape index (κ1) is 34.0. The smallest absolute Gasteiger partial charge is 0.418 e. The van der Waals surface area contributed by atoms with Gasteiger partial charge in [-0.15, -0.1) is 15.6 Å². The first-order valence-electron chi connectivity index (χ1n) is 13.3.